The van der Waals surface area contributed by atoms with Crippen LogP contribution in [0.25, 0.3) is 10.8 Å². The molecule has 0 bridgehead atoms. The third kappa shape index (κ3) is 3.01. The van der Waals surface area contributed by atoms with Gasteiger partial charge in [0.2, 0.25) is 0 Å². The van der Waals surface area contributed by atoms with E-state index in [0.29, 0.717) is 11.3 Å². The van der Waals surface area contributed by atoms with Crippen LogP contribution < -0.4 is 5.32 Å². The molecule has 1 unspecified atom stereocenters. The molecular formula is C19H18N2O2. The fraction of sp³-hybridized carbons (Fsp3) is 0.158. The molecule has 0 saturated heterocycles. The van der Waals surface area contributed by atoms with Crippen molar-refractivity contribution in [1.82, 2.24) is 10.3 Å². The van der Waals surface area contributed by atoms with Gasteiger partial charge >= 0.3 is 0 Å². The molecule has 1 heterocycles. The van der Waals surface area contributed by atoms with Crippen molar-refractivity contribution < 1.29 is 9.59 Å². The van der Waals surface area contributed by atoms with E-state index in [0.717, 1.165) is 16.3 Å². The van der Waals surface area contributed by atoms with Gasteiger partial charge in [-0.1, -0.05) is 42.5 Å². The van der Waals surface area contributed by atoms with Gasteiger partial charge in [-0.15, -0.1) is 0 Å². The van der Waals surface area contributed by atoms with Crippen molar-refractivity contribution in [1.29, 1.82) is 0 Å². The standard InChI is InChI=1S/C19H18N2O2/c1-12(16-9-5-7-14-6-3-4-8-17(14)16)21-19(23)18-10-15(11-20-18)13(2)22/h3-12,20H,1-2H3,(H,21,23). The van der Waals surface area contributed by atoms with Gasteiger partial charge in [0.05, 0.1) is 6.04 Å². The number of carbonyl (C=O) groups is 2. The van der Waals surface area contributed by atoms with Crippen LogP contribution in [0.5, 0.6) is 0 Å². The molecule has 1 aromatic heterocycles. The Bertz CT molecular complexity index is 874. The van der Waals surface area contributed by atoms with Crippen LogP contribution in [-0.4, -0.2) is 16.7 Å². The fourth-order valence-electron chi connectivity index (χ4n) is 2.71. The normalized spacial score (nSPS) is 12.1. The minimum atomic E-state index is -0.224. The number of ketones is 1. The molecule has 23 heavy (non-hydrogen) atoms. The lowest BCUT2D eigenvalue weighted by molar-refractivity contribution is 0.0935. The SMILES string of the molecule is CC(=O)c1c[nH]c(C(=O)NC(C)c2cccc3ccccc23)c1. The van der Waals surface area contributed by atoms with E-state index >= 15 is 0 Å². The number of hydrogen-bond donors (Lipinski definition) is 2. The van der Waals surface area contributed by atoms with Crippen LogP contribution in [0.4, 0.5) is 0 Å². The maximum Gasteiger partial charge on any atom is 0.268 e. The third-order valence-electron chi connectivity index (χ3n) is 3.97. The summed E-state index contributed by atoms with van der Waals surface area (Å²) in [5.74, 6) is -0.291. The van der Waals surface area contributed by atoms with Crippen molar-refractivity contribution in [3.63, 3.8) is 0 Å². The number of benzene rings is 2. The van der Waals surface area contributed by atoms with Crippen molar-refractivity contribution in [3.8, 4) is 0 Å². The highest BCUT2D eigenvalue weighted by Crippen LogP contribution is 2.24. The summed E-state index contributed by atoms with van der Waals surface area (Å²) in [6.45, 7) is 3.43. The molecule has 1 amide bonds. The van der Waals surface area contributed by atoms with E-state index in [-0.39, 0.29) is 17.7 Å². The van der Waals surface area contributed by atoms with Crippen LogP contribution in [0.15, 0.2) is 54.7 Å². The Morgan fingerprint density at radius 3 is 2.57 bits per heavy atom. The maximum absolute atomic E-state index is 12.3. The van der Waals surface area contributed by atoms with E-state index in [1.165, 1.54) is 6.92 Å². The van der Waals surface area contributed by atoms with Gasteiger partial charge < -0.3 is 10.3 Å². The average molecular weight is 306 g/mol. The van der Waals surface area contributed by atoms with Crippen molar-refractivity contribution in [3.05, 3.63) is 71.5 Å². The molecule has 4 heteroatoms. The lowest BCUT2D eigenvalue weighted by atomic mass is 9.99. The molecule has 2 aromatic carbocycles. The molecular weight excluding hydrogens is 288 g/mol. The minimum Gasteiger partial charge on any atom is -0.356 e. The van der Waals surface area contributed by atoms with E-state index in [9.17, 15) is 9.59 Å². The zero-order valence-corrected chi connectivity index (χ0v) is 13.1. The van der Waals surface area contributed by atoms with E-state index < -0.39 is 0 Å². The fourth-order valence-corrected chi connectivity index (χ4v) is 2.71. The quantitative estimate of drug-likeness (QED) is 0.719. The highest BCUT2D eigenvalue weighted by atomic mass is 16.2. The van der Waals surface area contributed by atoms with Gasteiger partial charge in [0.25, 0.3) is 5.91 Å². The van der Waals surface area contributed by atoms with E-state index in [4.69, 9.17) is 0 Å². The average Bonchev–Trinajstić information content (AvgIpc) is 3.04. The van der Waals surface area contributed by atoms with E-state index in [1.54, 1.807) is 12.3 Å². The predicted molar refractivity (Wildman–Crippen MR) is 90.6 cm³/mol. The number of hydrogen-bond acceptors (Lipinski definition) is 2. The number of carbonyl (C=O) groups excluding carboxylic acids is 2. The Labute approximate surface area is 134 Å². The van der Waals surface area contributed by atoms with Crippen LogP contribution in [0, 0.1) is 0 Å². The Kier molecular flexibility index (Phi) is 3.98. The van der Waals surface area contributed by atoms with Crippen LogP contribution >= 0.6 is 0 Å². The van der Waals surface area contributed by atoms with Crippen molar-refractivity contribution >= 4 is 22.5 Å². The second-order valence-corrected chi connectivity index (χ2v) is 5.62. The molecule has 1 atom stereocenters. The van der Waals surface area contributed by atoms with Crippen LogP contribution in [0.2, 0.25) is 0 Å². The molecule has 0 fully saturated rings. The number of aromatic nitrogens is 1. The van der Waals surface area contributed by atoms with E-state index in [2.05, 4.69) is 28.5 Å². The summed E-state index contributed by atoms with van der Waals surface area (Å²) in [5, 5.41) is 5.24. The molecule has 0 aliphatic carbocycles. The van der Waals surface area contributed by atoms with Gasteiger partial charge in [0.1, 0.15) is 5.69 Å². The molecule has 116 valence electrons. The molecule has 2 N–H and O–H groups in total. The third-order valence-corrected chi connectivity index (χ3v) is 3.97. The summed E-state index contributed by atoms with van der Waals surface area (Å²) in [6.07, 6.45) is 1.56. The van der Waals surface area contributed by atoms with E-state index in [1.807, 2.05) is 31.2 Å². The zero-order chi connectivity index (χ0) is 16.4. The number of rotatable bonds is 4. The van der Waals surface area contributed by atoms with Crippen molar-refractivity contribution in [2.45, 2.75) is 19.9 Å². The van der Waals surface area contributed by atoms with Crippen LogP contribution in [0.3, 0.4) is 0 Å². The monoisotopic (exact) mass is 306 g/mol. The number of Topliss-reactive ketones (excluding diaryl/α,β-unsaturated/α-hetero) is 1. The first-order valence-corrected chi connectivity index (χ1v) is 7.54. The lowest BCUT2D eigenvalue weighted by Gasteiger charge is -2.16. The number of nitrogens with one attached hydrogen (secondary N) is 2. The summed E-state index contributed by atoms with van der Waals surface area (Å²) in [6, 6.07) is 15.6. The number of fused-ring (bicyclic) bond motifs is 1. The smallest absolute Gasteiger partial charge is 0.268 e. The topological polar surface area (TPSA) is 62.0 Å². The second kappa shape index (κ2) is 6.08. The Morgan fingerprint density at radius 1 is 1.09 bits per heavy atom. The predicted octanol–water partition coefficient (Wildman–Crippen LogP) is 3.86. The zero-order valence-electron chi connectivity index (χ0n) is 13.1. The second-order valence-electron chi connectivity index (χ2n) is 5.62. The number of aromatic amines is 1. The minimum absolute atomic E-state index is 0.0672. The molecule has 3 rings (SSSR count). The number of amides is 1. The molecule has 4 nitrogen and oxygen atoms in total. The van der Waals surface area contributed by atoms with Crippen molar-refractivity contribution in [2.24, 2.45) is 0 Å². The highest BCUT2D eigenvalue weighted by molar-refractivity contribution is 5.99. The largest absolute Gasteiger partial charge is 0.356 e. The van der Waals surface area contributed by atoms with Gasteiger partial charge in [0, 0.05) is 11.8 Å². The van der Waals surface area contributed by atoms with Crippen LogP contribution in [0.1, 0.15) is 46.3 Å². The summed E-state index contributed by atoms with van der Waals surface area (Å²) in [4.78, 5) is 26.5. The molecule has 0 aliphatic rings. The van der Waals surface area contributed by atoms with Gasteiger partial charge in [-0.3, -0.25) is 9.59 Å². The summed E-state index contributed by atoms with van der Waals surface area (Å²) in [5.41, 5.74) is 1.96. The summed E-state index contributed by atoms with van der Waals surface area (Å²) >= 11 is 0. The molecule has 0 radical (unpaired) electrons. The Balaban J connectivity index is 1.83. The Hall–Kier alpha value is -2.88. The molecule has 0 aliphatic heterocycles. The van der Waals surface area contributed by atoms with Gasteiger partial charge in [-0.25, -0.2) is 0 Å². The molecule has 0 spiro atoms. The molecule has 3 aromatic rings. The first-order chi connectivity index (χ1) is 11.1. The lowest BCUT2D eigenvalue weighted by Crippen LogP contribution is -2.27. The highest BCUT2D eigenvalue weighted by Gasteiger charge is 2.15. The van der Waals surface area contributed by atoms with Crippen molar-refractivity contribution in [2.75, 3.05) is 0 Å². The Morgan fingerprint density at radius 2 is 1.83 bits per heavy atom. The first-order valence-electron chi connectivity index (χ1n) is 7.54. The van der Waals surface area contributed by atoms with Gasteiger partial charge in [0.15, 0.2) is 5.78 Å². The van der Waals surface area contributed by atoms with Gasteiger partial charge in [-0.2, -0.15) is 0 Å². The molecule has 0 saturated carbocycles. The summed E-state index contributed by atoms with van der Waals surface area (Å²) in [7, 11) is 0. The summed E-state index contributed by atoms with van der Waals surface area (Å²) < 4.78 is 0. The van der Waals surface area contributed by atoms with Gasteiger partial charge in [-0.05, 0) is 36.2 Å². The maximum atomic E-state index is 12.3. The number of H-pyrrole nitrogens is 1. The van der Waals surface area contributed by atoms with Crippen LogP contribution in [-0.2, 0) is 0 Å². The first kappa shape index (κ1) is 15.0.